The SMILES string of the molecule is Cc1ccc(CNC(=O)C2CC2C(=O)Nc2cccc(Cl)c2C)cc1. The lowest BCUT2D eigenvalue weighted by atomic mass is 10.1. The van der Waals surface area contributed by atoms with Gasteiger partial charge in [0.05, 0.1) is 11.8 Å². The van der Waals surface area contributed by atoms with E-state index in [0.29, 0.717) is 23.7 Å². The van der Waals surface area contributed by atoms with Gasteiger partial charge in [0.15, 0.2) is 0 Å². The molecular weight excluding hydrogens is 336 g/mol. The second kappa shape index (κ2) is 7.28. The number of carbonyl (C=O) groups excluding carboxylic acids is 2. The molecule has 2 atom stereocenters. The Balaban J connectivity index is 1.51. The molecule has 2 aromatic carbocycles. The summed E-state index contributed by atoms with van der Waals surface area (Å²) < 4.78 is 0. The van der Waals surface area contributed by atoms with Crippen LogP contribution in [0.2, 0.25) is 5.02 Å². The van der Waals surface area contributed by atoms with Gasteiger partial charge in [-0.2, -0.15) is 0 Å². The second-order valence-corrected chi connectivity index (χ2v) is 6.96. The number of carbonyl (C=O) groups is 2. The molecule has 0 bridgehead atoms. The maximum Gasteiger partial charge on any atom is 0.228 e. The zero-order valence-corrected chi connectivity index (χ0v) is 15.1. The Morgan fingerprint density at radius 2 is 1.72 bits per heavy atom. The van der Waals surface area contributed by atoms with E-state index < -0.39 is 0 Å². The number of amides is 2. The van der Waals surface area contributed by atoms with Crippen molar-refractivity contribution in [2.75, 3.05) is 5.32 Å². The van der Waals surface area contributed by atoms with Gasteiger partial charge in [0.25, 0.3) is 0 Å². The highest BCUT2D eigenvalue weighted by Gasteiger charge is 2.47. The van der Waals surface area contributed by atoms with Gasteiger partial charge in [0, 0.05) is 17.3 Å². The van der Waals surface area contributed by atoms with Crippen LogP contribution in [0, 0.1) is 25.7 Å². The summed E-state index contributed by atoms with van der Waals surface area (Å²) in [7, 11) is 0. The molecule has 1 aliphatic rings. The first-order chi connectivity index (χ1) is 12.0. The summed E-state index contributed by atoms with van der Waals surface area (Å²) in [6.07, 6.45) is 0.588. The van der Waals surface area contributed by atoms with Gasteiger partial charge < -0.3 is 10.6 Å². The topological polar surface area (TPSA) is 58.2 Å². The fourth-order valence-corrected chi connectivity index (χ4v) is 2.94. The van der Waals surface area contributed by atoms with Gasteiger partial charge in [-0.05, 0) is 43.5 Å². The number of anilines is 1. The van der Waals surface area contributed by atoms with Crippen molar-refractivity contribution >= 4 is 29.1 Å². The Kier molecular flexibility index (Phi) is 5.09. The molecule has 25 heavy (non-hydrogen) atoms. The van der Waals surface area contributed by atoms with Crippen LogP contribution in [0.3, 0.4) is 0 Å². The Morgan fingerprint density at radius 3 is 2.44 bits per heavy atom. The van der Waals surface area contributed by atoms with Crippen molar-refractivity contribution in [1.82, 2.24) is 5.32 Å². The Hall–Kier alpha value is -2.33. The van der Waals surface area contributed by atoms with Gasteiger partial charge in [0.1, 0.15) is 0 Å². The Labute approximate surface area is 152 Å². The average molecular weight is 357 g/mol. The molecular formula is C20H21ClN2O2. The van der Waals surface area contributed by atoms with Crippen LogP contribution in [0.25, 0.3) is 0 Å². The summed E-state index contributed by atoms with van der Waals surface area (Å²) in [5, 5.41) is 6.40. The highest BCUT2D eigenvalue weighted by atomic mass is 35.5. The van der Waals surface area contributed by atoms with E-state index in [1.807, 2.05) is 44.2 Å². The smallest absolute Gasteiger partial charge is 0.228 e. The van der Waals surface area contributed by atoms with Gasteiger partial charge in [0.2, 0.25) is 11.8 Å². The minimum absolute atomic E-state index is 0.0662. The normalized spacial score (nSPS) is 18.5. The van der Waals surface area contributed by atoms with E-state index in [1.54, 1.807) is 12.1 Å². The van der Waals surface area contributed by atoms with Crippen LogP contribution in [0.15, 0.2) is 42.5 Å². The van der Waals surface area contributed by atoms with Crippen molar-refractivity contribution in [3.8, 4) is 0 Å². The lowest BCUT2D eigenvalue weighted by molar-refractivity contribution is -0.125. The first-order valence-corrected chi connectivity index (χ1v) is 8.72. The van der Waals surface area contributed by atoms with Gasteiger partial charge in [-0.15, -0.1) is 0 Å². The van der Waals surface area contributed by atoms with Crippen LogP contribution in [-0.4, -0.2) is 11.8 Å². The summed E-state index contributed by atoms with van der Waals surface area (Å²) >= 11 is 6.07. The average Bonchev–Trinajstić information content (AvgIpc) is 3.39. The predicted molar refractivity (Wildman–Crippen MR) is 99.4 cm³/mol. The molecule has 0 spiro atoms. The van der Waals surface area contributed by atoms with Gasteiger partial charge in [-0.3, -0.25) is 9.59 Å². The number of halogens is 1. The first-order valence-electron chi connectivity index (χ1n) is 8.35. The van der Waals surface area contributed by atoms with Crippen LogP contribution in [-0.2, 0) is 16.1 Å². The van der Waals surface area contributed by atoms with Gasteiger partial charge in [-0.1, -0.05) is 47.5 Å². The van der Waals surface area contributed by atoms with E-state index in [-0.39, 0.29) is 23.7 Å². The molecule has 2 aromatic rings. The zero-order valence-electron chi connectivity index (χ0n) is 14.3. The molecule has 0 aliphatic heterocycles. The van der Waals surface area contributed by atoms with E-state index in [2.05, 4.69) is 10.6 Å². The lowest BCUT2D eigenvalue weighted by Gasteiger charge is -2.09. The highest BCUT2D eigenvalue weighted by molar-refractivity contribution is 6.31. The quantitative estimate of drug-likeness (QED) is 0.854. The van der Waals surface area contributed by atoms with Crippen LogP contribution in [0.4, 0.5) is 5.69 Å². The third kappa shape index (κ3) is 4.20. The molecule has 130 valence electrons. The van der Waals surface area contributed by atoms with Crippen molar-refractivity contribution in [2.24, 2.45) is 11.8 Å². The fourth-order valence-electron chi connectivity index (χ4n) is 2.77. The molecule has 1 fully saturated rings. The Morgan fingerprint density at radius 1 is 1.04 bits per heavy atom. The molecule has 5 heteroatoms. The molecule has 3 rings (SSSR count). The maximum absolute atomic E-state index is 12.3. The molecule has 2 N–H and O–H groups in total. The second-order valence-electron chi connectivity index (χ2n) is 6.55. The molecule has 0 aromatic heterocycles. The third-order valence-corrected chi connectivity index (χ3v) is 4.99. The van der Waals surface area contributed by atoms with E-state index in [4.69, 9.17) is 11.6 Å². The molecule has 0 radical (unpaired) electrons. The summed E-state index contributed by atoms with van der Waals surface area (Å²) in [4.78, 5) is 24.6. The molecule has 1 aliphatic carbocycles. The van der Waals surface area contributed by atoms with E-state index in [0.717, 1.165) is 11.1 Å². The van der Waals surface area contributed by atoms with Gasteiger partial charge >= 0.3 is 0 Å². The molecule has 4 nitrogen and oxygen atoms in total. The minimum Gasteiger partial charge on any atom is -0.352 e. The fraction of sp³-hybridized carbons (Fsp3) is 0.300. The van der Waals surface area contributed by atoms with Crippen LogP contribution in [0.1, 0.15) is 23.1 Å². The number of nitrogens with one attached hydrogen (secondary N) is 2. The van der Waals surface area contributed by atoms with E-state index in [1.165, 1.54) is 5.56 Å². The molecule has 2 unspecified atom stereocenters. The molecule has 2 amide bonds. The van der Waals surface area contributed by atoms with Crippen LogP contribution < -0.4 is 10.6 Å². The summed E-state index contributed by atoms with van der Waals surface area (Å²) in [5.74, 6) is -0.703. The molecule has 1 saturated carbocycles. The number of aryl methyl sites for hydroxylation is 1. The highest BCUT2D eigenvalue weighted by Crippen LogP contribution is 2.40. The third-order valence-electron chi connectivity index (χ3n) is 4.58. The maximum atomic E-state index is 12.3. The summed E-state index contributed by atoms with van der Waals surface area (Å²) in [6, 6.07) is 13.4. The lowest BCUT2D eigenvalue weighted by Crippen LogP contribution is -2.27. The number of hydrogen-bond donors (Lipinski definition) is 2. The first kappa shape index (κ1) is 17.5. The number of rotatable bonds is 5. The minimum atomic E-state index is -0.267. The van der Waals surface area contributed by atoms with Crippen molar-refractivity contribution in [2.45, 2.75) is 26.8 Å². The predicted octanol–water partition coefficient (Wildman–Crippen LogP) is 3.85. The Bertz CT molecular complexity index is 802. The van der Waals surface area contributed by atoms with Crippen molar-refractivity contribution in [1.29, 1.82) is 0 Å². The monoisotopic (exact) mass is 356 g/mol. The summed E-state index contributed by atoms with van der Waals surface area (Å²) in [6.45, 7) is 4.37. The summed E-state index contributed by atoms with van der Waals surface area (Å²) in [5.41, 5.74) is 3.77. The van der Waals surface area contributed by atoms with Gasteiger partial charge in [-0.25, -0.2) is 0 Å². The van der Waals surface area contributed by atoms with Crippen LogP contribution >= 0.6 is 11.6 Å². The molecule has 0 saturated heterocycles. The number of hydrogen-bond acceptors (Lipinski definition) is 2. The number of benzene rings is 2. The van der Waals surface area contributed by atoms with Crippen molar-refractivity contribution < 1.29 is 9.59 Å². The zero-order chi connectivity index (χ0) is 18.0. The largest absolute Gasteiger partial charge is 0.352 e. The van der Waals surface area contributed by atoms with E-state index >= 15 is 0 Å². The molecule has 0 heterocycles. The van der Waals surface area contributed by atoms with E-state index in [9.17, 15) is 9.59 Å². The van der Waals surface area contributed by atoms with Crippen LogP contribution in [0.5, 0.6) is 0 Å². The standard InChI is InChI=1S/C20H21ClN2O2/c1-12-6-8-14(9-7-12)11-22-19(24)15-10-16(15)20(25)23-18-5-3-4-17(21)13(18)2/h3-9,15-16H,10-11H2,1-2H3,(H,22,24)(H,23,25). The van der Waals surface area contributed by atoms with Crippen molar-refractivity contribution in [3.05, 3.63) is 64.2 Å². The van der Waals surface area contributed by atoms with Crippen molar-refractivity contribution in [3.63, 3.8) is 0 Å².